The predicted molar refractivity (Wildman–Crippen MR) is 62.1 cm³/mol. The summed E-state index contributed by atoms with van der Waals surface area (Å²) in [5.41, 5.74) is -0.293. The molecule has 0 spiro atoms. The van der Waals surface area contributed by atoms with Crippen molar-refractivity contribution in [2.45, 2.75) is 6.92 Å². The van der Waals surface area contributed by atoms with Gasteiger partial charge in [-0.3, -0.25) is 9.78 Å². The molecule has 114 valence electrons. The molecule has 0 aliphatic heterocycles. The molecule has 15 heteroatoms. The van der Waals surface area contributed by atoms with Gasteiger partial charge in [-0.25, -0.2) is 13.9 Å². The first kappa shape index (κ1) is 24.9. The van der Waals surface area contributed by atoms with Gasteiger partial charge in [-0.2, -0.15) is 0 Å². The van der Waals surface area contributed by atoms with E-state index in [9.17, 15) is 9.59 Å². The van der Waals surface area contributed by atoms with Crippen LogP contribution in [-0.2, 0) is 9.13 Å². The standard InChI is InChI=1S/C5H6N2O2.Na.2H3O4P.H/c1-3-2-6-5(9)7-4(3)8;;2*1-5(2,3)4;/h2H,1H3,(H2,6,7,8,9);;2*(H3,1,2,3,4);/q;+1;;;-1. The van der Waals surface area contributed by atoms with E-state index in [4.69, 9.17) is 38.5 Å². The number of H-pyrrole nitrogens is 2. The van der Waals surface area contributed by atoms with Crippen LogP contribution < -0.4 is 40.8 Å². The van der Waals surface area contributed by atoms with Gasteiger partial charge < -0.3 is 35.8 Å². The van der Waals surface area contributed by atoms with Gasteiger partial charge in [0, 0.05) is 11.8 Å². The minimum Gasteiger partial charge on any atom is -1.00 e. The number of aromatic nitrogens is 2. The second-order valence-electron chi connectivity index (χ2n) is 2.78. The van der Waals surface area contributed by atoms with Gasteiger partial charge in [-0.05, 0) is 6.92 Å². The van der Waals surface area contributed by atoms with Crippen LogP contribution in [0.15, 0.2) is 15.8 Å². The summed E-state index contributed by atoms with van der Waals surface area (Å²) in [4.78, 5) is 68.4. The van der Waals surface area contributed by atoms with E-state index in [-0.39, 0.29) is 36.5 Å². The molecule has 8 N–H and O–H groups in total. The van der Waals surface area contributed by atoms with Crippen molar-refractivity contribution in [2.75, 3.05) is 0 Å². The van der Waals surface area contributed by atoms with Gasteiger partial charge in [0.1, 0.15) is 0 Å². The van der Waals surface area contributed by atoms with Gasteiger partial charge in [0.25, 0.3) is 5.56 Å². The van der Waals surface area contributed by atoms with Gasteiger partial charge in [-0.15, -0.1) is 0 Å². The molecule has 1 aromatic heterocycles. The van der Waals surface area contributed by atoms with Gasteiger partial charge >= 0.3 is 50.9 Å². The van der Waals surface area contributed by atoms with Crippen LogP contribution in [0.3, 0.4) is 0 Å². The Labute approximate surface area is 134 Å². The summed E-state index contributed by atoms with van der Waals surface area (Å²) >= 11 is 0. The summed E-state index contributed by atoms with van der Waals surface area (Å²) < 4.78 is 17.8. The van der Waals surface area contributed by atoms with E-state index >= 15 is 0 Å². The van der Waals surface area contributed by atoms with Crippen LogP contribution in [0.1, 0.15) is 6.99 Å². The number of nitrogens with one attached hydrogen (secondary N) is 2. The van der Waals surface area contributed by atoms with Crippen molar-refractivity contribution in [1.29, 1.82) is 0 Å². The van der Waals surface area contributed by atoms with E-state index in [2.05, 4.69) is 9.97 Å². The molecular weight excluding hydrogens is 333 g/mol. The van der Waals surface area contributed by atoms with Crippen LogP contribution in [-0.4, -0.2) is 39.3 Å². The van der Waals surface area contributed by atoms with E-state index in [1.165, 1.54) is 6.20 Å². The van der Waals surface area contributed by atoms with Crippen molar-refractivity contribution in [2.24, 2.45) is 0 Å². The van der Waals surface area contributed by atoms with Crippen LogP contribution in [0.4, 0.5) is 0 Å². The average Bonchev–Trinajstić information content (AvgIpc) is 2.06. The van der Waals surface area contributed by atoms with Crippen LogP contribution in [0.25, 0.3) is 0 Å². The average molecular weight is 346 g/mol. The van der Waals surface area contributed by atoms with Gasteiger partial charge in [0.15, 0.2) is 0 Å². The zero-order chi connectivity index (χ0) is 15.9. The Morgan fingerprint density at radius 2 is 1.30 bits per heavy atom. The molecule has 0 aromatic carbocycles. The summed E-state index contributed by atoms with van der Waals surface area (Å²) in [7, 11) is -9.28. The molecule has 12 nitrogen and oxygen atoms in total. The first-order valence-corrected chi connectivity index (χ1v) is 7.18. The van der Waals surface area contributed by atoms with Gasteiger partial charge in [0.05, 0.1) is 0 Å². The Morgan fingerprint density at radius 1 is 1.00 bits per heavy atom. The quantitative estimate of drug-likeness (QED) is 0.164. The number of rotatable bonds is 0. The fourth-order valence-electron chi connectivity index (χ4n) is 0.477. The molecule has 0 aliphatic rings. The summed E-state index contributed by atoms with van der Waals surface area (Å²) in [6.07, 6.45) is 1.38. The number of hydrogen-bond acceptors (Lipinski definition) is 4. The SMILES string of the molecule is Cc1c[nH]c(=O)[nH]c1=O.O=P(O)(O)O.O=P(O)(O)O.[H-].[Na+]. The second kappa shape index (κ2) is 10.6. The Bertz CT molecular complexity index is 553. The third-order valence-electron chi connectivity index (χ3n) is 1.00. The number of phosphoric acid groups is 2. The van der Waals surface area contributed by atoms with Crippen LogP contribution >= 0.6 is 15.6 Å². The first-order chi connectivity index (χ1) is 8.20. The summed E-state index contributed by atoms with van der Waals surface area (Å²) in [5.74, 6) is 0. The molecule has 0 saturated carbocycles. The minimum absolute atomic E-state index is 0. The molecule has 1 heterocycles. The van der Waals surface area contributed by atoms with E-state index < -0.39 is 21.3 Å². The van der Waals surface area contributed by atoms with Crippen molar-refractivity contribution in [3.05, 3.63) is 32.6 Å². The number of aryl methyl sites for hydroxylation is 1. The van der Waals surface area contributed by atoms with Gasteiger partial charge in [-0.1, -0.05) is 0 Å². The Hall–Kier alpha value is -0.100. The molecule has 1 rings (SSSR count). The molecule has 0 saturated heterocycles. The topological polar surface area (TPSA) is 221 Å². The molecule has 0 amide bonds. The monoisotopic (exact) mass is 346 g/mol. The Morgan fingerprint density at radius 3 is 1.50 bits per heavy atom. The van der Waals surface area contributed by atoms with Crippen LogP contribution in [0, 0.1) is 6.92 Å². The van der Waals surface area contributed by atoms with E-state index in [1.807, 2.05) is 0 Å². The zero-order valence-electron chi connectivity index (χ0n) is 11.3. The van der Waals surface area contributed by atoms with Crippen LogP contribution in [0.5, 0.6) is 0 Å². The molecule has 1 aromatic rings. The molecule has 20 heavy (non-hydrogen) atoms. The van der Waals surface area contributed by atoms with Crippen molar-refractivity contribution in [3.8, 4) is 0 Å². The largest absolute Gasteiger partial charge is 1.00 e. The Balaban J connectivity index is -0.000000106. The van der Waals surface area contributed by atoms with Crippen molar-refractivity contribution < 1.29 is 69.5 Å². The molecule has 0 fully saturated rings. The fourth-order valence-corrected chi connectivity index (χ4v) is 0.477. The maximum Gasteiger partial charge on any atom is 1.00 e. The van der Waals surface area contributed by atoms with E-state index in [0.717, 1.165) is 0 Å². The predicted octanol–water partition coefficient (Wildman–Crippen LogP) is -5.37. The molecular formula is C5H13N2NaO10P2. The normalized spacial score (nSPS) is 10.2. The number of aromatic amines is 2. The summed E-state index contributed by atoms with van der Waals surface area (Å²) in [6, 6.07) is 0. The first-order valence-electron chi connectivity index (χ1n) is 4.05. The summed E-state index contributed by atoms with van der Waals surface area (Å²) in [6.45, 7) is 1.62. The molecule has 0 atom stereocenters. The maximum atomic E-state index is 10.6. The molecule has 0 unspecified atom stereocenters. The third kappa shape index (κ3) is 30.7. The molecule has 0 bridgehead atoms. The van der Waals surface area contributed by atoms with Gasteiger partial charge in [0.2, 0.25) is 0 Å². The maximum absolute atomic E-state index is 10.6. The molecule has 0 radical (unpaired) electrons. The smallest absolute Gasteiger partial charge is 1.00 e. The second-order valence-corrected chi connectivity index (χ2v) is 4.83. The van der Waals surface area contributed by atoms with E-state index in [0.29, 0.717) is 5.56 Å². The van der Waals surface area contributed by atoms with Crippen LogP contribution in [0.2, 0.25) is 0 Å². The summed E-state index contributed by atoms with van der Waals surface area (Å²) in [5, 5.41) is 0. The Kier molecular flexibility index (Phi) is 13.2. The molecule has 0 aliphatic carbocycles. The van der Waals surface area contributed by atoms with Crippen molar-refractivity contribution in [3.63, 3.8) is 0 Å². The van der Waals surface area contributed by atoms with Crippen molar-refractivity contribution in [1.82, 2.24) is 9.97 Å². The minimum atomic E-state index is -4.64. The zero-order valence-corrected chi connectivity index (χ0v) is 14.1. The third-order valence-corrected chi connectivity index (χ3v) is 1.00. The van der Waals surface area contributed by atoms with E-state index in [1.54, 1.807) is 6.92 Å². The fraction of sp³-hybridized carbons (Fsp3) is 0.200. The van der Waals surface area contributed by atoms with Crippen molar-refractivity contribution >= 4 is 15.6 Å². The number of hydrogen-bond donors (Lipinski definition) is 8.